The van der Waals surface area contributed by atoms with Crippen molar-refractivity contribution >= 4 is 40.2 Å². The van der Waals surface area contributed by atoms with Crippen LogP contribution >= 0.6 is 0 Å². The molecule has 3 nitrogen and oxygen atoms in total. The third-order valence-corrected chi connectivity index (χ3v) is 8.45. The molecule has 178 valence electrons. The van der Waals surface area contributed by atoms with Crippen LogP contribution in [0.2, 0.25) is 0 Å². The van der Waals surface area contributed by atoms with Crippen LogP contribution in [-0.4, -0.2) is 11.7 Å². The summed E-state index contributed by atoms with van der Waals surface area (Å²) in [6.45, 7) is 14.1. The van der Waals surface area contributed by atoms with Crippen molar-refractivity contribution in [2.24, 2.45) is 0 Å². The van der Waals surface area contributed by atoms with Gasteiger partial charge in [-0.1, -0.05) is 45.9 Å². The van der Waals surface area contributed by atoms with Gasteiger partial charge < -0.3 is 9.64 Å². The lowest BCUT2D eigenvalue weighted by Crippen LogP contribution is -2.59. The van der Waals surface area contributed by atoms with Gasteiger partial charge in [-0.2, -0.15) is 0 Å². The Morgan fingerprint density at radius 2 is 1.53 bits per heavy atom. The number of ether oxygens (including phenoxy) is 1. The fourth-order valence-corrected chi connectivity index (χ4v) is 7.35. The molecule has 4 aromatic rings. The molecule has 0 saturated heterocycles. The van der Waals surface area contributed by atoms with Crippen LogP contribution in [0, 0.1) is 13.8 Å². The third kappa shape index (κ3) is 2.90. The van der Waals surface area contributed by atoms with E-state index in [0.717, 1.165) is 17.9 Å². The van der Waals surface area contributed by atoms with E-state index in [1.54, 1.807) is 0 Å². The van der Waals surface area contributed by atoms with Crippen LogP contribution in [0.4, 0.5) is 17.1 Å². The third-order valence-electron chi connectivity index (χ3n) is 8.45. The molecule has 7 rings (SSSR count). The maximum Gasteiger partial charge on any atom is 0.256 e. The van der Waals surface area contributed by atoms with Crippen molar-refractivity contribution in [2.75, 3.05) is 4.90 Å². The first-order valence-electron chi connectivity index (χ1n) is 13.0. The SMILES string of the molecule is Cc1cc(C)cc(N2c3cc4c(cc3B3c5ccncc5Oc5cccc2c53)C(C)(C)CC4(C)C)c1. The second-order valence-corrected chi connectivity index (χ2v) is 12.2. The van der Waals surface area contributed by atoms with Crippen molar-refractivity contribution in [2.45, 2.75) is 58.8 Å². The zero-order valence-electron chi connectivity index (χ0n) is 21.9. The predicted octanol–water partition coefficient (Wildman–Crippen LogP) is 6.06. The lowest BCUT2D eigenvalue weighted by molar-refractivity contribution is 0.403. The van der Waals surface area contributed by atoms with E-state index >= 15 is 0 Å². The predicted molar refractivity (Wildman–Crippen MR) is 150 cm³/mol. The van der Waals surface area contributed by atoms with E-state index in [1.165, 1.54) is 55.7 Å². The van der Waals surface area contributed by atoms with E-state index in [1.807, 2.05) is 12.4 Å². The van der Waals surface area contributed by atoms with Crippen molar-refractivity contribution < 1.29 is 4.74 Å². The Kier molecular flexibility index (Phi) is 4.25. The summed E-state index contributed by atoms with van der Waals surface area (Å²) < 4.78 is 6.45. The largest absolute Gasteiger partial charge is 0.457 e. The number of rotatable bonds is 1. The van der Waals surface area contributed by atoms with E-state index in [0.29, 0.717) is 0 Å². The number of aryl methyl sites for hydroxylation is 2. The fourth-order valence-electron chi connectivity index (χ4n) is 7.35. The molecule has 36 heavy (non-hydrogen) atoms. The second kappa shape index (κ2) is 7.03. The summed E-state index contributed by atoms with van der Waals surface area (Å²) in [6, 6.07) is 20.5. The van der Waals surface area contributed by atoms with Gasteiger partial charge in [-0.3, -0.25) is 4.98 Å². The molecule has 2 aliphatic heterocycles. The molecular weight excluding hydrogens is 439 g/mol. The molecule has 0 unspecified atom stereocenters. The summed E-state index contributed by atoms with van der Waals surface area (Å²) in [5.74, 6) is 1.79. The van der Waals surface area contributed by atoms with Gasteiger partial charge in [0.05, 0.1) is 6.20 Å². The minimum absolute atomic E-state index is 0.116. The average molecular weight is 470 g/mol. The number of anilines is 3. The number of nitrogens with zero attached hydrogens (tertiary/aromatic N) is 2. The van der Waals surface area contributed by atoms with Gasteiger partial charge in [-0.25, -0.2) is 0 Å². The Bertz CT molecular complexity index is 1570. The van der Waals surface area contributed by atoms with E-state index in [2.05, 4.69) is 106 Å². The average Bonchev–Trinajstić information content (AvgIpc) is 3.00. The summed E-state index contributed by atoms with van der Waals surface area (Å²) in [4.78, 5) is 6.86. The summed E-state index contributed by atoms with van der Waals surface area (Å²) in [5.41, 5.74) is 13.2. The number of hydrogen-bond acceptors (Lipinski definition) is 3. The Hall–Kier alpha value is -3.53. The van der Waals surface area contributed by atoms with E-state index in [4.69, 9.17) is 4.74 Å². The quantitative estimate of drug-likeness (QED) is 0.273. The summed E-state index contributed by atoms with van der Waals surface area (Å²) in [6.07, 6.45) is 4.90. The minimum Gasteiger partial charge on any atom is -0.457 e. The Balaban J connectivity index is 1.60. The van der Waals surface area contributed by atoms with Crippen molar-refractivity contribution in [3.8, 4) is 11.5 Å². The molecule has 3 aromatic carbocycles. The van der Waals surface area contributed by atoms with Crippen LogP contribution in [0.15, 0.2) is 67.0 Å². The molecule has 1 aliphatic carbocycles. The monoisotopic (exact) mass is 470 g/mol. The van der Waals surface area contributed by atoms with Gasteiger partial charge in [-0.05, 0) is 106 Å². The number of pyridine rings is 1. The maximum absolute atomic E-state index is 6.45. The van der Waals surface area contributed by atoms with Crippen molar-refractivity contribution in [3.05, 3.63) is 89.2 Å². The smallest absolute Gasteiger partial charge is 0.256 e. The van der Waals surface area contributed by atoms with Gasteiger partial charge in [-0.15, -0.1) is 0 Å². The molecule has 0 N–H and O–H groups in total. The van der Waals surface area contributed by atoms with Crippen LogP contribution in [0.25, 0.3) is 0 Å². The number of aromatic nitrogens is 1. The van der Waals surface area contributed by atoms with E-state index < -0.39 is 0 Å². The first kappa shape index (κ1) is 21.7. The molecule has 0 amide bonds. The van der Waals surface area contributed by atoms with Gasteiger partial charge in [0.2, 0.25) is 0 Å². The molecule has 3 aliphatic rings. The standard InChI is InChI=1S/C32H31BN2O/c1-19-12-20(2)14-21(13-19)35-26-8-7-9-28-30(26)33(24-10-11-34-17-29(24)36-28)25-15-22-23(16-27(25)35)32(5,6)18-31(22,3)4/h7-17H,18H2,1-6H3. The van der Waals surface area contributed by atoms with Crippen LogP contribution in [0.3, 0.4) is 0 Å². The molecule has 3 heterocycles. The number of hydrogen-bond donors (Lipinski definition) is 0. The zero-order valence-corrected chi connectivity index (χ0v) is 21.9. The first-order chi connectivity index (χ1) is 17.1. The maximum atomic E-state index is 6.45. The first-order valence-corrected chi connectivity index (χ1v) is 13.0. The Morgan fingerprint density at radius 3 is 2.28 bits per heavy atom. The molecule has 1 aromatic heterocycles. The van der Waals surface area contributed by atoms with Crippen LogP contribution in [0.1, 0.15) is 56.4 Å². The fraction of sp³-hybridized carbons (Fsp3) is 0.281. The van der Waals surface area contributed by atoms with E-state index in [9.17, 15) is 0 Å². The lowest BCUT2D eigenvalue weighted by atomic mass is 9.34. The van der Waals surface area contributed by atoms with Crippen LogP contribution in [-0.2, 0) is 10.8 Å². The molecule has 0 spiro atoms. The minimum atomic E-state index is 0.116. The molecule has 0 radical (unpaired) electrons. The number of benzene rings is 3. The molecule has 0 atom stereocenters. The Labute approximate surface area is 214 Å². The highest BCUT2D eigenvalue weighted by Gasteiger charge is 2.47. The van der Waals surface area contributed by atoms with Gasteiger partial charge in [0.1, 0.15) is 11.5 Å². The van der Waals surface area contributed by atoms with Crippen LogP contribution < -0.4 is 26.0 Å². The molecule has 4 heteroatoms. The summed E-state index contributed by atoms with van der Waals surface area (Å²) in [7, 11) is 0. The highest BCUT2D eigenvalue weighted by molar-refractivity contribution is 6.99. The summed E-state index contributed by atoms with van der Waals surface area (Å²) >= 11 is 0. The second-order valence-electron chi connectivity index (χ2n) is 12.2. The zero-order chi connectivity index (χ0) is 25.0. The normalized spacial score (nSPS) is 17.6. The van der Waals surface area contributed by atoms with Crippen molar-refractivity contribution in [1.29, 1.82) is 0 Å². The molecule has 0 bridgehead atoms. The molecule has 0 fully saturated rings. The van der Waals surface area contributed by atoms with Gasteiger partial charge in [0.25, 0.3) is 6.71 Å². The molecular formula is C32H31BN2O. The highest BCUT2D eigenvalue weighted by atomic mass is 16.5. The molecule has 0 saturated carbocycles. The van der Waals surface area contributed by atoms with Crippen molar-refractivity contribution in [1.82, 2.24) is 4.98 Å². The lowest BCUT2D eigenvalue weighted by Gasteiger charge is -2.41. The topological polar surface area (TPSA) is 25.4 Å². The van der Waals surface area contributed by atoms with Gasteiger partial charge >= 0.3 is 0 Å². The van der Waals surface area contributed by atoms with E-state index in [-0.39, 0.29) is 17.5 Å². The van der Waals surface area contributed by atoms with Crippen molar-refractivity contribution in [3.63, 3.8) is 0 Å². The number of fused-ring (bicyclic) bond motifs is 5. The Morgan fingerprint density at radius 1 is 0.806 bits per heavy atom. The van der Waals surface area contributed by atoms with Gasteiger partial charge in [0.15, 0.2) is 0 Å². The van der Waals surface area contributed by atoms with Crippen LogP contribution in [0.5, 0.6) is 11.5 Å². The summed E-state index contributed by atoms with van der Waals surface area (Å²) in [5, 5.41) is 0. The van der Waals surface area contributed by atoms with Gasteiger partial charge in [0, 0.05) is 23.3 Å². The highest BCUT2D eigenvalue weighted by Crippen LogP contribution is 2.51.